The third-order valence-electron chi connectivity index (χ3n) is 2.90. The van der Waals surface area contributed by atoms with E-state index in [1.807, 2.05) is 0 Å². The number of hydrogen-bond donors (Lipinski definition) is 2. The third kappa shape index (κ3) is 3.53. The van der Waals surface area contributed by atoms with Gasteiger partial charge in [-0.15, -0.1) is 0 Å². The number of aromatic nitrogens is 1. The van der Waals surface area contributed by atoms with Gasteiger partial charge >= 0.3 is 5.97 Å². The number of rotatable bonds is 5. The van der Waals surface area contributed by atoms with E-state index in [1.54, 1.807) is 26.0 Å². The molecular formula is C12H15BrN2O3. The Morgan fingerprint density at radius 1 is 1.50 bits per heavy atom. The number of halogens is 1. The molecule has 98 valence electrons. The van der Waals surface area contributed by atoms with Crippen molar-refractivity contribution >= 4 is 27.8 Å². The summed E-state index contributed by atoms with van der Waals surface area (Å²) >= 11 is 3.22. The summed E-state index contributed by atoms with van der Waals surface area (Å²) in [5.41, 5.74) is -0.688. The van der Waals surface area contributed by atoms with Crippen LogP contribution in [0.5, 0.6) is 0 Å². The molecule has 1 atom stereocenters. The van der Waals surface area contributed by atoms with Crippen LogP contribution >= 0.6 is 15.9 Å². The van der Waals surface area contributed by atoms with Crippen LogP contribution in [0.4, 0.5) is 0 Å². The van der Waals surface area contributed by atoms with Crippen LogP contribution in [0.1, 0.15) is 30.8 Å². The van der Waals surface area contributed by atoms with Gasteiger partial charge in [0.25, 0.3) is 5.91 Å². The molecule has 0 aliphatic carbocycles. The van der Waals surface area contributed by atoms with Gasteiger partial charge in [0, 0.05) is 17.2 Å². The summed E-state index contributed by atoms with van der Waals surface area (Å²) in [4.78, 5) is 26.8. The van der Waals surface area contributed by atoms with Crippen molar-refractivity contribution in [3.05, 3.63) is 28.5 Å². The Balaban J connectivity index is 2.66. The highest BCUT2D eigenvalue weighted by Crippen LogP contribution is 2.20. The van der Waals surface area contributed by atoms with Gasteiger partial charge in [-0.3, -0.25) is 9.59 Å². The second-order valence-corrected chi connectivity index (χ2v) is 5.18. The van der Waals surface area contributed by atoms with Crippen molar-refractivity contribution in [3.8, 4) is 0 Å². The molecular weight excluding hydrogens is 300 g/mol. The van der Waals surface area contributed by atoms with Gasteiger partial charge in [0.2, 0.25) is 0 Å². The zero-order chi connectivity index (χ0) is 13.8. The van der Waals surface area contributed by atoms with Crippen LogP contribution in [-0.4, -0.2) is 28.5 Å². The number of nitrogens with zero attached hydrogens (tertiary/aromatic N) is 1. The van der Waals surface area contributed by atoms with Crippen molar-refractivity contribution in [3.63, 3.8) is 0 Å². The Bertz CT molecular complexity index is 447. The minimum Gasteiger partial charge on any atom is -0.481 e. The van der Waals surface area contributed by atoms with Gasteiger partial charge in [0.15, 0.2) is 0 Å². The molecule has 0 fully saturated rings. The average Bonchev–Trinajstić information content (AvgIpc) is 2.36. The SMILES string of the molecule is CCC(C)(CNC(=O)c1ccc(Br)cn1)C(=O)O. The van der Waals surface area contributed by atoms with Crippen molar-refractivity contribution in [2.45, 2.75) is 20.3 Å². The van der Waals surface area contributed by atoms with E-state index in [-0.39, 0.29) is 18.1 Å². The molecule has 1 unspecified atom stereocenters. The maximum atomic E-state index is 11.8. The lowest BCUT2D eigenvalue weighted by molar-refractivity contribution is -0.147. The molecule has 0 aliphatic heterocycles. The molecule has 1 rings (SSSR count). The molecule has 18 heavy (non-hydrogen) atoms. The smallest absolute Gasteiger partial charge is 0.311 e. The van der Waals surface area contributed by atoms with Crippen LogP contribution in [0.3, 0.4) is 0 Å². The molecule has 0 radical (unpaired) electrons. The summed E-state index contributed by atoms with van der Waals surface area (Å²) < 4.78 is 0.781. The molecule has 0 saturated carbocycles. The maximum Gasteiger partial charge on any atom is 0.311 e. The number of aliphatic carboxylic acids is 1. The van der Waals surface area contributed by atoms with E-state index >= 15 is 0 Å². The Labute approximate surface area is 114 Å². The van der Waals surface area contributed by atoms with E-state index in [2.05, 4.69) is 26.2 Å². The highest BCUT2D eigenvalue weighted by Gasteiger charge is 2.31. The van der Waals surface area contributed by atoms with Gasteiger partial charge in [-0.1, -0.05) is 6.92 Å². The number of carbonyl (C=O) groups excluding carboxylic acids is 1. The van der Waals surface area contributed by atoms with E-state index in [0.717, 1.165) is 4.47 Å². The lowest BCUT2D eigenvalue weighted by Gasteiger charge is -2.23. The lowest BCUT2D eigenvalue weighted by atomic mass is 9.88. The number of amides is 1. The number of pyridine rings is 1. The summed E-state index contributed by atoms with van der Waals surface area (Å²) in [5, 5.41) is 11.7. The van der Waals surface area contributed by atoms with E-state index in [9.17, 15) is 9.59 Å². The molecule has 0 aliphatic rings. The van der Waals surface area contributed by atoms with E-state index in [1.165, 1.54) is 6.20 Å². The fourth-order valence-electron chi connectivity index (χ4n) is 1.23. The van der Waals surface area contributed by atoms with E-state index in [0.29, 0.717) is 6.42 Å². The first kappa shape index (κ1) is 14.6. The highest BCUT2D eigenvalue weighted by atomic mass is 79.9. The monoisotopic (exact) mass is 314 g/mol. The van der Waals surface area contributed by atoms with Gasteiger partial charge in [-0.2, -0.15) is 0 Å². The fourth-order valence-corrected chi connectivity index (χ4v) is 1.46. The van der Waals surface area contributed by atoms with E-state index < -0.39 is 11.4 Å². The minimum absolute atomic E-state index is 0.0788. The summed E-state index contributed by atoms with van der Waals surface area (Å²) in [7, 11) is 0. The molecule has 0 saturated heterocycles. The van der Waals surface area contributed by atoms with Crippen LogP contribution in [-0.2, 0) is 4.79 Å². The van der Waals surface area contributed by atoms with Crippen LogP contribution in [0.2, 0.25) is 0 Å². The van der Waals surface area contributed by atoms with Crippen molar-refractivity contribution in [1.82, 2.24) is 10.3 Å². The van der Waals surface area contributed by atoms with Crippen molar-refractivity contribution < 1.29 is 14.7 Å². The molecule has 1 heterocycles. The number of carbonyl (C=O) groups is 2. The zero-order valence-electron chi connectivity index (χ0n) is 10.2. The summed E-state index contributed by atoms with van der Waals surface area (Å²) in [6.07, 6.45) is 1.96. The minimum atomic E-state index is -0.953. The fraction of sp³-hybridized carbons (Fsp3) is 0.417. The van der Waals surface area contributed by atoms with E-state index in [4.69, 9.17) is 5.11 Å². The first-order valence-electron chi connectivity index (χ1n) is 5.52. The lowest BCUT2D eigenvalue weighted by Crippen LogP contribution is -2.40. The quantitative estimate of drug-likeness (QED) is 0.872. The Hall–Kier alpha value is -1.43. The van der Waals surface area contributed by atoms with Crippen LogP contribution < -0.4 is 5.32 Å². The second kappa shape index (κ2) is 5.95. The van der Waals surface area contributed by atoms with Crippen LogP contribution in [0, 0.1) is 5.41 Å². The standard InChI is InChI=1S/C12H15BrN2O3/c1-3-12(2,11(17)18)7-15-10(16)9-5-4-8(13)6-14-9/h4-6H,3,7H2,1-2H3,(H,15,16)(H,17,18). The molecule has 0 aromatic carbocycles. The Morgan fingerprint density at radius 2 is 2.17 bits per heavy atom. The van der Waals surface area contributed by atoms with Gasteiger partial charge in [0.05, 0.1) is 5.41 Å². The van der Waals surface area contributed by atoms with Crippen molar-refractivity contribution in [1.29, 1.82) is 0 Å². The van der Waals surface area contributed by atoms with Gasteiger partial charge in [-0.05, 0) is 41.4 Å². The summed E-state index contributed by atoms with van der Waals surface area (Å²) in [5.74, 6) is -1.29. The number of carboxylic acid groups (broad SMARTS) is 1. The van der Waals surface area contributed by atoms with Gasteiger partial charge < -0.3 is 10.4 Å². The first-order chi connectivity index (χ1) is 8.39. The summed E-state index contributed by atoms with van der Waals surface area (Å²) in [6, 6.07) is 3.28. The average molecular weight is 315 g/mol. The van der Waals surface area contributed by atoms with Gasteiger partial charge in [-0.25, -0.2) is 4.98 Å². The number of carboxylic acids is 1. The Morgan fingerprint density at radius 3 is 2.61 bits per heavy atom. The molecule has 1 aromatic heterocycles. The molecule has 5 nitrogen and oxygen atoms in total. The molecule has 0 bridgehead atoms. The van der Waals surface area contributed by atoms with Crippen molar-refractivity contribution in [2.24, 2.45) is 5.41 Å². The molecule has 1 amide bonds. The maximum absolute atomic E-state index is 11.8. The molecule has 0 spiro atoms. The molecule has 1 aromatic rings. The summed E-state index contributed by atoms with van der Waals surface area (Å²) in [6.45, 7) is 3.46. The molecule has 2 N–H and O–H groups in total. The predicted octanol–water partition coefficient (Wildman–Crippen LogP) is 2.07. The topological polar surface area (TPSA) is 79.3 Å². The van der Waals surface area contributed by atoms with Crippen LogP contribution in [0.25, 0.3) is 0 Å². The zero-order valence-corrected chi connectivity index (χ0v) is 11.8. The Kier molecular flexibility index (Phi) is 4.84. The second-order valence-electron chi connectivity index (χ2n) is 4.26. The molecule has 6 heteroatoms. The number of hydrogen-bond acceptors (Lipinski definition) is 3. The van der Waals surface area contributed by atoms with Crippen LogP contribution in [0.15, 0.2) is 22.8 Å². The normalized spacial score (nSPS) is 13.7. The largest absolute Gasteiger partial charge is 0.481 e. The third-order valence-corrected chi connectivity index (χ3v) is 3.36. The highest BCUT2D eigenvalue weighted by molar-refractivity contribution is 9.10. The first-order valence-corrected chi connectivity index (χ1v) is 6.31. The number of nitrogens with one attached hydrogen (secondary N) is 1. The van der Waals surface area contributed by atoms with Gasteiger partial charge in [0.1, 0.15) is 5.69 Å². The van der Waals surface area contributed by atoms with Crippen molar-refractivity contribution in [2.75, 3.05) is 6.54 Å². The predicted molar refractivity (Wildman–Crippen MR) is 70.3 cm³/mol.